The van der Waals surface area contributed by atoms with Crippen LogP contribution < -0.4 is 5.73 Å². The summed E-state index contributed by atoms with van der Waals surface area (Å²) < 4.78 is 4.38. The zero-order valence-corrected chi connectivity index (χ0v) is 4.10. The molecule has 1 rings (SSSR count). The lowest BCUT2D eigenvalue weighted by Gasteiger charge is -2.30. The normalized spacial score (nSPS) is 39.4. The fourth-order valence-corrected chi connectivity index (χ4v) is 0.359. The molecule has 1 aliphatic heterocycles. The van der Waals surface area contributed by atoms with E-state index in [2.05, 4.69) is 4.74 Å². The molecule has 0 spiro atoms. The first-order valence-corrected chi connectivity index (χ1v) is 2.09. The zero-order chi connectivity index (χ0) is 5.49. The van der Waals surface area contributed by atoms with E-state index < -0.39 is 5.54 Å². The van der Waals surface area contributed by atoms with Crippen molar-refractivity contribution in [2.75, 3.05) is 6.61 Å². The van der Waals surface area contributed by atoms with E-state index >= 15 is 0 Å². The highest BCUT2D eigenvalue weighted by Crippen LogP contribution is 2.12. The number of rotatable bonds is 0. The maximum Gasteiger partial charge on any atom is 0.329 e. The molecule has 1 atom stereocenters. The molecule has 0 aromatic rings. The van der Waals surface area contributed by atoms with Crippen molar-refractivity contribution in [3.05, 3.63) is 0 Å². The van der Waals surface area contributed by atoms with Gasteiger partial charge in [0.15, 0.2) is 0 Å². The second-order valence-corrected chi connectivity index (χ2v) is 1.99. The summed E-state index contributed by atoms with van der Waals surface area (Å²) in [5.41, 5.74) is 4.61. The van der Waals surface area contributed by atoms with Crippen molar-refractivity contribution in [1.29, 1.82) is 0 Å². The first-order valence-electron chi connectivity index (χ1n) is 2.09. The van der Waals surface area contributed by atoms with Crippen molar-refractivity contribution in [3.8, 4) is 0 Å². The number of hydrogen-bond acceptors (Lipinski definition) is 3. The standard InChI is InChI=1S/C4H7NO2/c1-4(5)2-7-3(4)6/h2,5H2,1H3. The summed E-state index contributed by atoms with van der Waals surface area (Å²) in [5.74, 6) is -0.299. The Bertz CT molecular complexity index is 108. The van der Waals surface area contributed by atoms with E-state index in [0.29, 0.717) is 6.61 Å². The molecular formula is C4H7NO2. The number of nitrogens with two attached hydrogens (primary N) is 1. The summed E-state index contributed by atoms with van der Waals surface area (Å²) in [6, 6.07) is 0. The number of carbonyl (C=O) groups excluding carboxylic acids is 1. The van der Waals surface area contributed by atoms with Gasteiger partial charge in [0.25, 0.3) is 0 Å². The minimum absolute atomic E-state index is 0.299. The van der Waals surface area contributed by atoms with Crippen LogP contribution >= 0.6 is 0 Å². The molecule has 0 aromatic carbocycles. The van der Waals surface area contributed by atoms with Gasteiger partial charge in [0.2, 0.25) is 0 Å². The van der Waals surface area contributed by atoms with Gasteiger partial charge in [-0.2, -0.15) is 0 Å². The Hall–Kier alpha value is -0.570. The highest BCUT2D eigenvalue weighted by Gasteiger charge is 2.40. The highest BCUT2D eigenvalue weighted by molar-refractivity contribution is 5.85. The Balaban J connectivity index is 2.59. The Morgan fingerprint density at radius 3 is 2.43 bits per heavy atom. The van der Waals surface area contributed by atoms with Crippen LogP contribution in [0.5, 0.6) is 0 Å². The van der Waals surface area contributed by atoms with Gasteiger partial charge in [-0.05, 0) is 6.92 Å². The molecule has 0 amide bonds. The summed E-state index contributed by atoms with van der Waals surface area (Å²) in [6.45, 7) is 2.02. The Morgan fingerprint density at radius 1 is 2.00 bits per heavy atom. The molecule has 0 aliphatic carbocycles. The summed E-state index contributed by atoms with van der Waals surface area (Å²) >= 11 is 0. The van der Waals surface area contributed by atoms with Crippen molar-refractivity contribution in [3.63, 3.8) is 0 Å². The van der Waals surface area contributed by atoms with E-state index in [4.69, 9.17) is 5.73 Å². The molecule has 0 bridgehead atoms. The number of ether oxygens (including phenoxy) is 1. The van der Waals surface area contributed by atoms with Crippen LogP contribution in [0.25, 0.3) is 0 Å². The maximum atomic E-state index is 10.2. The molecule has 1 unspecified atom stereocenters. The molecule has 1 fully saturated rings. The van der Waals surface area contributed by atoms with Gasteiger partial charge in [0, 0.05) is 0 Å². The number of hydrogen-bond donors (Lipinski definition) is 1. The van der Waals surface area contributed by atoms with Gasteiger partial charge in [0.05, 0.1) is 0 Å². The topological polar surface area (TPSA) is 52.3 Å². The van der Waals surface area contributed by atoms with E-state index in [0.717, 1.165) is 0 Å². The van der Waals surface area contributed by atoms with E-state index in [-0.39, 0.29) is 5.97 Å². The van der Waals surface area contributed by atoms with Gasteiger partial charge >= 0.3 is 5.97 Å². The van der Waals surface area contributed by atoms with Crippen LogP contribution in [-0.4, -0.2) is 18.1 Å². The zero-order valence-electron chi connectivity index (χ0n) is 4.10. The van der Waals surface area contributed by atoms with Gasteiger partial charge in [-0.15, -0.1) is 0 Å². The smallest absolute Gasteiger partial charge is 0.329 e. The number of esters is 1. The fraction of sp³-hybridized carbons (Fsp3) is 0.750. The quantitative estimate of drug-likeness (QED) is 0.409. The SMILES string of the molecule is CC1(N)COC1=O. The largest absolute Gasteiger partial charge is 0.462 e. The fourth-order valence-electron chi connectivity index (χ4n) is 0.359. The van der Waals surface area contributed by atoms with Gasteiger partial charge < -0.3 is 10.5 Å². The van der Waals surface area contributed by atoms with Crippen LogP contribution in [0.1, 0.15) is 6.92 Å². The summed E-state index contributed by atoms with van der Waals surface area (Å²) in [4.78, 5) is 10.2. The summed E-state index contributed by atoms with van der Waals surface area (Å²) in [7, 11) is 0. The van der Waals surface area contributed by atoms with E-state index in [1.807, 2.05) is 0 Å². The molecule has 1 saturated heterocycles. The predicted molar refractivity (Wildman–Crippen MR) is 23.6 cm³/mol. The number of carbonyl (C=O) groups is 1. The lowest BCUT2D eigenvalue weighted by atomic mass is 10.0. The van der Waals surface area contributed by atoms with Crippen molar-refractivity contribution >= 4 is 5.97 Å². The van der Waals surface area contributed by atoms with Gasteiger partial charge in [-0.25, -0.2) is 4.79 Å². The minimum atomic E-state index is -0.681. The van der Waals surface area contributed by atoms with Crippen LogP contribution in [0.4, 0.5) is 0 Å². The van der Waals surface area contributed by atoms with Crippen LogP contribution in [0.3, 0.4) is 0 Å². The van der Waals surface area contributed by atoms with E-state index in [9.17, 15) is 4.79 Å². The van der Waals surface area contributed by atoms with Crippen molar-refractivity contribution in [2.45, 2.75) is 12.5 Å². The molecule has 2 N–H and O–H groups in total. The van der Waals surface area contributed by atoms with E-state index in [1.165, 1.54) is 0 Å². The molecule has 3 nitrogen and oxygen atoms in total. The first-order chi connectivity index (χ1) is 3.13. The molecule has 1 heterocycles. The number of cyclic esters (lactones) is 1. The van der Waals surface area contributed by atoms with Crippen LogP contribution in [0.15, 0.2) is 0 Å². The molecule has 7 heavy (non-hydrogen) atoms. The predicted octanol–water partition coefficient (Wildman–Crippen LogP) is -0.739. The van der Waals surface area contributed by atoms with Gasteiger partial charge in [-0.1, -0.05) is 0 Å². The van der Waals surface area contributed by atoms with Crippen molar-refractivity contribution < 1.29 is 9.53 Å². The molecular weight excluding hydrogens is 94.0 g/mol. The van der Waals surface area contributed by atoms with Crippen LogP contribution in [0, 0.1) is 0 Å². The summed E-state index contributed by atoms with van der Waals surface area (Å²) in [6.07, 6.45) is 0. The minimum Gasteiger partial charge on any atom is -0.462 e. The molecule has 0 saturated carbocycles. The first kappa shape index (κ1) is 4.59. The highest BCUT2D eigenvalue weighted by atomic mass is 16.6. The third-order valence-corrected chi connectivity index (χ3v) is 0.969. The average molecular weight is 101 g/mol. The lowest BCUT2D eigenvalue weighted by Crippen LogP contribution is -2.59. The lowest BCUT2D eigenvalue weighted by molar-refractivity contribution is -0.170. The van der Waals surface area contributed by atoms with Crippen LogP contribution in [-0.2, 0) is 9.53 Å². The third-order valence-electron chi connectivity index (χ3n) is 0.969. The third kappa shape index (κ3) is 0.489. The second kappa shape index (κ2) is 0.980. The average Bonchev–Trinajstić information content (AvgIpc) is 1.63. The van der Waals surface area contributed by atoms with Gasteiger partial charge in [0.1, 0.15) is 12.1 Å². The Morgan fingerprint density at radius 2 is 2.43 bits per heavy atom. The molecule has 0 aromatic heterocycles. The molecule has 0 radical (unpaired) electrons. The van der Waals surface area contributed by atoms with Crippen LogP contribution in [0.2, 0.25) is 0 Å². The molecule has 1 aliphatic rings. The summed E-state index contributed by atoms with van der Waals surface area (Å²) in [5, 5.41) is 0. The second-order valence-electron chi connectivity index (χ2n) is 1.99. The monoisotopic (exact) mass is 101 g/mol. The van der Waals surface area contributed by atoms with E-state index in [1.54, 1.807) is 6.92 Å². The Kier molecular flexibility index (Phi) is 0.642. The Labute approximate surface area is 41.4 Å². The molecule has 40 valence electrons. The van der Waals surface area contributed by atoms with Crippen molar-refractivity contribution in [2.24, 2.45) is 5.73 Å². The van der Waals surface area contributed by atoms with Gasteiger partial charge in [-0.3, -0.25) is 0 Å². The maximum absolute atomic E-state index is 10.2. The van der Waals surface area contributed by atoms with Crippen molar-refractivity contribution in [1.82, 2.24) is 0 Å². The molecule has 3 heteroatoms.